The predicted octanol–water partition coefficient (Wildman–Crippen LogP) is 1.22. The average Bonchev–Trinajstić information content (AvgIpc) is 2.81. The van der Waals surface area contributed by atoms with Crippen molar-refractivity contribution in [2.45, 2.75) is 6.92 Å². The lowest BCUT2D eigenvalue weighted by molar-refractivity contribution is -0.119. The van der Waals surface area contributed by atoms with Gasteiger partial charge in [-0.25, -0.2) is 4.79 Å². The lowest BCUT2D eigenvalue weighted by Crippen LogP contribution is -2.20. The molecule has 0 bridgehead atoms. The number of aryl methyl sites for hydroxylation is 1. The van der Waals surface area contributed by atoms with Crippen molar-refractivity contribution in [2.75, 3.05) is 17.7 Å². The van der Waals surface area contributed by atoms with Gasteiger partial charge in [-0.15, -0.1) is 10.2 Å². The fourth-order valence-corrected chi connectivity index (χ4v) is 1.99. The van der Waals surface area contributed by atoms with E-state index in [0.29, 0.717) is 16.4 Å². The summed E-state index contributed by atoms with van der Waals surface area (Å²) in [4.78, 5) is 23.2. The summed E-state index contributed by atoms with van der Waals surface area (Å²) in [7, 11) is 0. The molecule has 1 aromatic carbocycles. The maximum absolute atomic E-state index is 11.7. The predicted molar refractivity (Wildman–Crippen MR) is 74.4 cm³/mol. The molecular formula is C12H12N4O3S. The van der Waals surface area contributed by atoms with E-state index in [1.165, 1.54) is 17.4 Å². The molecule has 1 heterocycles. The molecule has 0 saturated carbocycles. The van der Waals surface area contributed by atoms with E-state index in [1.54, 1.807) is 25.1 Å². The van der Waals surface area contributed by atoms with E-state index >= 15 is 0 Å². The monoisotopic (exact) mass is 292 g/mol. The number of nitrogen functional groups attached to an aromatic ring is 1. The summed E-state index contributed by atoms with van der Waals surface area (Å²) >= 11 is 1.24. The number of benzene rings is 1. The molecule has 0 aliphatic carbocycles. The molecule has 0 aliphatic heterocycles. The van der Waals surface area contributed by atoms with Gasteiger partial charge in [-0.3, -0.25) is 10.1 Å². The van der Waals surface area contributed by atoms with Crippen molar-refractivity contribution >= 4 is 34.0 Å². The van der Waals surface area contributed by atoms with Gasteiger partial charge < -0.3 is 10.5 Å². The maximum atomic E-state index is 11.7. The normalized spacial score (nSPS) is 10.1. The summed E-state index contributed by atoms with van der Waals surface area (Å²) in [5.74, 6) is -1.08. The molecule has 0 atom stereocenters. The van der Waals surface area contributed by atoms with Gasteiger partial charge in [0.15, 0.2) is 6.61 Å². The molecule has 0 unspecified atom stereocenters. The SMILES string of the molecule is Cc1nnc(NC(=O)COC(=O)c2cccc(N)c2)s1. The minimum atomic E-state index is -0.610. The van der Waals surface area contributed by atoms with Crippen LogP contribution in [0.4, 0.5) is 10.8 Å². The highest BCUT2D eigenvalue weighted by Crippen LogP contribution is 2.13. The molecule has 1 aromatic heterocycles. The summed E-state index contributed by atoms with van der Waals surface area (Å²) in [6, 6.07) is 6.33. The smallest absolute Gasteiger partial charge is 0.338 e. The fourth-order valence-electron chi connectivity index (χ4n) is 1.38. The van der Waals surface area contributed by atoms with Crippen molar-refractivity contribution in [1.29, 1.82) is 0 Å². The van der Waals surface area contributed by atoms with Crippen LogP contribution < -0.4 is 11.1 Å². The Kier molecular flexibility index (Phi) is 4.26. The van der Waals surface area contributed by atoms with E-state index in [1.807, 2.05) is 0 Å². The number of amides is 1. The Hall–Kier alpha value is -2.48. The zero-order valence-corrected chi connectivity index (χ0v) is 11.4. The van der Waals surface area contributed by atoms with Crippen molar-refractivity contribution in [3.63, 3.8) is 0 Å². The third-order valence-electron chi connectivity index (χ3n) is 2.23. The Bertz CT molecular complexity index is 641. The summed E-state index contributed by atoms with van der Waals surface area (Å²) in [5, 5.41) is 11.1. The quantitative estimate of drug-likeness (QED) is 0.648. The van der Waals surface area contributed by atoms with E-state index in [0.717, 1.165) is 5.01 Å². The molecule has 0 saturated heterocycles. The maximum Gasteiger partial charge on any atom is 0.338 e. The standard InChI is InChI=1S/C12H12N4O3S/c1-7-15-16-12(20-7)14-10(17)6-19-11(18)8-3-2-4-9(13)5-8/h2-5H,6,13H2,1H3,(H,14,16,17). The number of aromatic nitrogens is 2. The van der Waals surface area contributed by atoms with Gasteiger partial charge in [0.2, 0.25) is 5.13 Å². The first-order valence-electron chi connectivity index (χ1n) is 5.67. The van der Waals surface area contributed by atoms with E-state index in [9.17, 15) is 9.59 Å². The number of nitrogens with zero attached hydrogens (tertiary/aromatic N) is 2. The number of rotatable bonds is 4. The van der Waals surface area contributed by atoms with Gasteiger partial charge in [0.05, 0.1) is 5.56 Å². The van der Waals surface area contributed by atoms with Crippen molar-refractivity contribution in [3.05, 3.63) is 34.8 Å². The van der Waals surface area contributed by atoms with Crippen LogP contribution in [0, 0.1) is 6.92 Å². The summed E-state index contributed by atoms with van der Waals surface area (Å²) in [5.41, 5.74) is 6.30. The second kappa shape index (κ2) is 6.11. The zero-order chi connectivity index (χ0) is 14.5. The van der Waals surface area contributed by atoms with Crippen LogP contribution in [-0.2, 0) is 9.53 Å². The van der Waals surface area contributed by atoms with Crippen LogP contribution in [0.1, 0.15) is 15.4 Å². The second-order valence-electron chi connectivity index (χ2n) is 3.88. The van der Waals surface area contributed by atoms with Crippen LogP contribution in [0.3, 0.4) is 0 Å². The van der Waals surface area contributed by atoms with Gasteiger partial charge >= 0.3 is 5.97 Å². The number of hydrogen-bond donors (Lipinski definition) is 2. The molecule has 0 radical (unpaired) electrons. The molecule has 104 valence electrons. The molecule has 3 N–H and O–H groups in total. The number of carbonyl (C=O) groups is 2. The molecule has 1 amide bonds. The van der Waals surface area contributed by atoms with E-state index in [-0.39, 0.29) is 0 Å². The summed E-state index contributed by atoms with van der Waals surface area (Å²) in [6.45, 7) is 1.37. The van der Waals surface area contributed by atoms with Crippen LogP contribution in [0.25, 0.3) is 0 Å². The Morgan fingerprint density at radius 2 is 2.20 bits per heavy atom. The molecule has 0 spiro atoms. The number of nitrogens with two attached hydrogens (primary N) is 1. The third kappa shape index (κ3) is 3.75. The van der Waals surface area contributed by atoms with Crippen LogP contribution in [-0.4, -0.2) is 28.7 Å². The molecule has 8 heteroatoms. The minimum absolute atomic E-state index is 0.296. The summed E-state index contributed by atoms with van der Waals surface area (Å²) < 4.78 is 4.87. The Labute approximate surface area is 118 Å². The molecule has 0 fully saturated rings. The highest BCUT2D eigenvalue weighted by molar-refractivity contribution is 7.15. The van der Waals surface area contributed by atoms with E-state index in [4.69, 9.17) is 10.5 Å². The Morgan fingerprint density at radius 3 is 2.85 bits per heavy atom. The lowest BCUT2D eigenvalue weighted by atomic mass is 10.2. The van der Waals surface area contributed by atoms with Gasteiger partial charge in [-0.2, -0.15) is 0 Å². The van der Waals surface area contributed by atoms with Gasteiger partial charge in [0, 0.05) is 5.69 Å². The number of esters is 1. The molecule has 2 aromatic rings. The topological polar surface area (TPSA) is 107 Å². The fraction of sp³-hybridized carbons (Fsp3) is 0.167. The van der Waals surface area contributed by atoms with Crippen molar-refractivity contribution in [3.8, 4) is 0 Å². The Morgan fingerprint density at radius 1 is 1.40 bits per heavy atom. The molecular weight excluding hydrogens is 280 g/mol. The first-order chi connectivity index (χ1) is 9.54. The number of carbonyl (C=O) groups excluding carboxylic acids is 2. The van der Waals surface area contributed by atoms with E-state index in [2.05, 4.69) is 15.5 Å². The number of nitrogens with one attached hydrogen (secondary N) is 1. The summed E-state index contributed by atoms with van der Waals surface area (Å²) in [6.07, 6.45) is 0. The van der Waals surface area contributed by atoms with Crippen LogP contribution in [0.5, 0.6) is 0 Å². The highest BCUT2D eigenvalue weighted by Gasteiger charge is 2.11. The van der Waals surface area contributed by atoms with Crippen molar-refractivity contribution in [2.24, 2.45) is 0 Å². The van der Waals surface area contributed by atoms with Crippen LogP contribution in [0.2, 0.25) is 0 Å². The molecule has 2 rings (SSSR count). The third-order valence-corrected chi connectivity index (χ3v) is 2.98. The lowest BCUT2D eigenvalue weighted by Gasteiger charge is -2.04. The Balaban J connectivity index is 1.85. The van der Waals surface area contributed by atoms with Gasteiger partial charge in [0.1, 0.15) is 5.01 Å². The van der Waals surface area contributed by atoms with Crippen LogP contribution in [0.15, 0.2) is 24.3 Å². The second-order valence-corrected chi connectivity index (χ2v) is 5.06. The average molecular weight is 292 g/mol. The number of anilines is 2. The number of hydrogen-bond acceptors (Lipinski definition) is 7. The number of ether oxygens (including phenoxy) is 1. The molecule has 7 nitrogen and oxygen atoms in total. The largest absolute Gasteiger partial charge is 0.452 e. The van der Waals surface area contributed by atoms with Crippen molar-refractivity contribution < 1.29 is 14.3 Å². The molecule has 20 heavy (non-hydrogen) atoms. The minimum Gasteiger partial charge on any atom is -0.452 e. The highest BCUT2D eigenvalue weighted by atomic mass is 32.1. The van der Waals surface area contributed by atoms with E-state index < -0.39 is 18.5 Å². The van der Waals surface area contributed by atoms with Crippen molar-refractivity contribution in [1.82, 2.24) is 10.2 Å². The van der Waals surface area contributed by atoms with Gasteiger partial charge in [0.25, 0.3) is 5.91 Å². The first-order valence-corrected chi connectivity index (χ1v) is 6.49. The van der Waals surface area contributed by atoms with Gasteiger partial charge in [-0.1, -0.05) is 17.4 Å². The first kappa shape index (κ1) is 13.9. The molecule has 0 aliphatic rings. The van der Waals surface area contributed by atoms with Crippen LogP contribution >= 0.6 is 11.3 Å². The zero-order valence-electron chi connectivity index (χ0n) is 10.6. The van der Waals surface area contributed by atoms with Gasteiger partial charge in [-0.05, 0) is 25.1 Å².